The molecule has 0 aromatic heterocycles. The van der Waals surface area contributed by atoms with Crippen LogP contribution in [0.25, 0.3) is 0 Å². The third kappa shape index (κ3) is 5.65. The average molecular weight is 453 g/mol. The predicted molar refractivity (Wildman–Crippen MR) is 116 cm³/mol. The van der Waals surface area contributed by atoms with Crippen molar-refractivity contribution in [3.8, 4) is 11.5 Å². The zero-order valence-electron chi connectivity index (χ0n) is 16.8. The Balaban J connectivity index is 1.75. The van der Waals surface area contributed by atoms with Gasteiger partial charge < -0.3 is 14.8 Å². The van der Waals surface area contributed by atoms with Gasteiger partial charge in [0.1, 0.15) is 11.5 Å². The van der Waals surface area contributed by atoms with E-state index in [1.165, 1.54) is 16.4 Å². The van der Waals surface area contributed by atoms with E-state index in [0.717, 1.165) is 19.3 Å². The van der Waals surface area contributed by atoms with Crippen LogP contribution >= 0.6 is 11.6 Å². The van der Waals surface area contributed by atoms with Gasteiger partial charge in [0.2, 0.25) is 10.0 Å². The third-order valence-corrected chi connectivity index (χ3v) is 6.81. The molecular weight excluding hydrogens is 428 g/mol. The summed E-state index contributed by atoms with van der Waals surface area (Å²) >= 11 is 5.84. The van der Waals surface area contributed by atoms with Crippen LogP contribution in [0.5, 0.6) is 11.5 Å². The van der Waals surface area contributed by atoms with Crippen LogP contribution in [0.1, 0.15) is 26.2 Å². The highest BCUT2D eigenvalue weighted by Crippen LogP contribution is 2.30. The highest BCUT2D eigenvalue weighted by atomic mass is 35.5. The summed E-state index contributed by atoms with van der Waals surface area (Å²) in [4.78, 5) is 12.5. The molecule has 9 heteroatoms. The van der Waals surface area contributed by atoms with Crippen molar-refractivity contribution in [2.24, 2.45) is 0 Å². The number of carbonyl (C=O) groups excluding carboxylic acids is 1. The number of rotatable bonds is 8. The highest BCUT2D eigenvalue weighted by molar-refractivity contribution is 7.89. The van der Waals surface area contributed by atoms with Crippen molar-refractivity contribution in [3.63, 3.8) is 0 Å². The first-order valence-corrected chi connectivity index (χ1v) is 11.7. The van der Waals surface area contributed by atoms with Gasteiger partial charge in [0.05, 0.1) is 17.2 Å². The van der Waals surface area contributed by atoms with Crippen LogP contribution < -0.4 is 14.8 Å². The zero-order chi connectivity index (χ0) is 21.6. The molecule has 1 N–H and O–H groups in total. The number of sulfonamides is 1. The molecule has 162 valence electrons. The van der Waals surface area contributed by atoms with Crippen LogP contribution in [0.15, 0.2) is 47.4 Å². The Labute approximate surface area is 182 Å². The third-order valence-electron chi connectivity index (χ3n) is 4.66. The van der Waals surface area contributed by atoms with Crippen LogP contribution in [0.3, 0.4) is 0 Å². The minimum Gasteiger partial charge on any atom is -0.492 e. The number of halogens is 1. The van der Waals surface area contributed by atoms with Crippen LogP contribution in [-0.4, -0.2) is 44.9 Å². The van der Waals surface area contributed by atoms with Crippen LogP contribution in [0.4, 0.5) is 5.69 Å². The minimum absolute atomic E-state index is 0.127. The average Bonchev–Trinajstić information content (AvgIpc) is 2.75. The van der Waals surface area contributed by atoms with Gasteiger partial charge in [0, 0.05) is 18.1 Å². The second-order valence-electron chi connectivity index (χ2n) is 6.85. The number of ether oxygens (including phenoxy) is 2. The molecule has 1 heterocycles. The number of benzene rings is 2. The molecule has 2 aromatic rings. The van der Waals surface area contributed by atoms with E-state index < -0.39 is 15.9 Å². The van der Waals surface area contributed by atoms with Crippen molar-refractivity contribution in [1.82, 2.24) is 4.31 Å². The summed E-state index contributed by atoms with van der Waals surface area (Å²) in [5, 5.41) is 3.26. The number of nitrogens with zero attached hydrogens (tertiary/aromatic N) is 1. The molecule has 0 unspecified atom stereocenters. The summed E-state index contributed by atoms with van der Waals surface area (Å²) in [5.74, 6) is 0.467. The first-order chi connectivity index (χ1) is 14.4. The lowest BCUT2D eigenvalue weighted by Crippen LogP contribution is -2.35. The van der Waals surface area contributed by atoms with Crippen molar-refractivity contribution in [3.05, 3.63) is 47.5 Å². The summed E-state index contributed by atoms with van der Waals surface area (Å²) in [6.07, 6.45) is 2.73. The first kappa shape index (κ1) is 22.4. The fourth-order valence-corrected chi connectivity index (χ4v) is 4.84. The van der Waals surface area contributed by atoms with Gasteiger partial charge in [-0.05, 0) is 62.2 Å². The molecule has 1 saturated heterocycles. The summed E-state index contributed by atoms with van der Waals surface area (Å²) in [7, 11) is -3.63. The molecule has 0 radical (unpaired) electrons. The van der Waals surface area contributed by atoms with Crippen LogP contribution in [0, 0.1) is 0 Å². The molecule has 2 aromatic carbocycles. The lowest BCUT2D eigenvalue weighted by Gasteiger charge is -2.26. The van der Waals surface area contributed by atoms with Gasteiger partial charge in [-0.25, -0.2) is 8.42 Å². The Kier molecular flexibility index (Phi) is 7.58. The van der Waals surface area contributed by atoms with Gasteiger partial charge in [-0.2, -0.15) is 4.31 Å². The monoisotopic (exact) mass is 452 g/mol. The predicted octanol–water partition coefficient (Wildman–Crippen LogP) is 3.93. The molecule has 0 bridgehead atoms. The van der Waals surface area contributed by atoms with E-state index in [1.807, 2.05) is 6.92 Å². The molecular formula is C21H25ClN2O5S. The zero-order valence-corrected chi connectivity index (χ0v) is 18.3. The normalized spacial score (nSPS) is 14.9. The van der Waals surface area contributed by atoms with Gasteiger partial charge in [-0.15, -0.1) is 0 Å². The minimum atomic E-state index is -3.63. The van der Waals surface area contributed by atoms with Crippen molar-refractivity contribution < 1.29 is 22.7 Å². The maximum Gasteiger partial charge on any atom is 0.262 e. The molecule has 7 nitrogen and oxygen atoms in total. The lowest BCUT2D eigenvalue weighted by molar-refractivity contribution is -0.118. The summed E-state index contributed by atoms with van der Waals surface area (Å²) in [5.41, 5.74) is 0.291. The number of hydrogen-bond donors (Lipinski definition) is 1. The van der Waals surface area contributed by atoms with E-state index in [2.05, 4.69) is 5.32 Å². The summed E-state index contributed by atoms with van der Waals surface area (Å²) < 4.78 is 38.4. The van der Waals surface area contributed by atoms with E-state index in [9.17, 15) is 13.2 Å². The van der Waals surface area contributed by atoms with Gasteiger partial charge >= 0.3 is 0 Å². The topological polar surface area (TPSA) is 84.9 Å². The number of carbonyl (C=O) groups is 1. The summed E-state index contributed by atoms with van der Waals surface area (Å²) in [6.45, 7) is 2.96. The van der Waals surface area contributed by atoms with E-state index in [0.29, 0.717) is 41.9 Å². The fraction of sp³-hybridized carbons (Fsp3) is 0.381. The molecule has 0 aliphatic carbocycles. The maximum absolute atomic E-state index is 13.0. The number of nitrogens with one attached hydrogen (secondary N) is 1. The molecule has 0 atom stereocenters. The Morgan fingerprint density at radius 1 is 1.07 bits per heavy atom. The number of hydrogen-bond acceptors (Lipinski definition) is 5. The molecule has 30 heavy (non-hydrogen) atoms. The Morgan fingerprint density at radius 3 is 2.43 bits per heavy atom. The Morgan fingerprint density at radius 2 is 1.77 bits per heavy atom. The van der Waals surface area contributed by atoms with Crippen molar-refractivity contribution in [2.75, 3.05) is 31.6 Å². The second kappa shape index (κ2) is 10.1. The van der Waals surface area contributed by atoms with Gasteiger partial charge in [-0.1, -0.05) is 18.0 Å². The molecule has 1 aliphatic rings. The quantitative estimate of drug-likeness (QED) is 0.655. The molecule has 0 spiro atoms. The second-order valence-corrected chi connectivity index (χ2v) is 9.22. The number of amides is 1. The maximum atomic E-state index is 13.0. The van der Waals surface area contributed by atoms with E-state index >= 15 is 0 Å². The molecule has 3 rings (SSSR count). The fourth-order valence-electron chi connectivity index (χ4n) is 3.17. The van der Waals surface area contributed by atoms with Gasteiger partial charge in [0.15, 0.2) is 6.61 Å². The van der Waals surface area contributed by atoms with Crippen molar-refractivity contribution in [2.45, 2.75) is 31.1 Å². The Hall–Kier alpha value is -2.29. The summed E-state index contributed by atoms with van der Waals surface area (Å²) in [6, 6.07) is 11.2. The Bertz CT molecular complexity index is 973. The number of piperidine rings is 1. The standard InChI is InChI=1S/C21H25ClN2O5S/c1-2-28-20-11-10-18(30(26,27)24-12-4-3-5-13-24)14-19(20)23-21(25)15-29-17-8-6-16(22)7-9-17/h6-11,14H,2-5,12-13,15H2,1H3,(H,23,25). The van der Waals surface area contributed by atoms with Crippen LogP contribution in [0.2, 0.25) is 5.02 Å². The highest BCUT2D eigenvalue weighted by Gasteiger charge is 2.27. The molecule has 1 aliphatic heterocycles. The van der Waals surface area contributed by atoms with Gasteiger partial charge in [-0.3, -0.25) is 4.79 Å². The number of anilines is 1. The molecule has 0 saturated carbocycles. The van der Waals surface area contributed by atoms with E-state index in [1.54, 1.807) is 30.3 Å². The van der Waals surface area contributed by atoms with Crippen molar-refractivity contribution >= 4 is 33.2 Å². The van der Waals surface area contributed by atoms with E-state index in [-0.39, 0.29) is 11.5 Å². The lowest BCUT2D eigenvalue weighted by atomic mass is 10.2. The SMILES string of the molecule is CCOc1ccc(S(=O)(=O)N2CCCCC2)cc1NC(=O)COc1ccc(Cl)cc1. The molecule has 1 amide bonds. The van der Waals surface area contributed by atoms with Crippen LogP contribution in [-0.2, 0) is 14.8 Å². The smallest absolute Gasteiger partial charge is 0.262 e. The van der Waals surface area contributed by atoms with Crippen molar-refractivity contribution in [1.29, 1.82) is 0 Å². The first-order valence-electron chi connectivity index (χ1n) is 9.85. The largest absolute Gasteiger partial charge is 0.492 e. The molecule has 1 fully saturated rings. The van der Waals surface area contributed by atoms with Gasteiger partial charge in [0.25, 0.3) is 5.91 Å². The van der Waals surface area contributed by atoms with E-state index in [4.69, 9.17) is 21.1 Å².